The number of anilines is 1. The van der Waals surface area contributed by atoms with Crippen LogP contribution < -0.4 is 16.3 Å². The molecule has 2 aromatic rings. The molecule has 3 heterocycles. The third kappa shape index (κ3) is 3.04. The van der Waals surface area contributed by atoms with E-state index in [0.717, 1.165) is 4.57 Å². The van der Waals surface area contributed by atoms with Gasteiger partial charge in [-0.3, -0.25) is 23.3 Å². The van der Waals surface area contributed by atoms with Crippen molar-refractivity contribution in [3.05, 3.63) is 33.0 Å². The van der Waals surface area contributed by atoms with Gasteiger partial charge in [-0.2, -0.15) is 10.1 Å². The summed E-state index contributed by atoms with van der Waals surface area (Å²) in [6.45, 7) is 11.2. The molecule has 0 spiro atoms. The van der Waals surface area contributed by atoms with Gasteiger partial charge in [0.05, 0.1) is 24.9 Å². The second-order valence-corrected chi connectivity index (χ2v) is 6.92. The highest BCUT2D eigenvalue weighted by atomic mass is 16.5. The third-order valence-electron chi connectivity index (χ3n) is 4.67. The number of aromatic nitrogens is 4. The minimum atomic E-state index is -0.474. The third-order valence-corrected chi connectivity index (χ3v) is 4.67. The topological polar surface area (TPSA) is 104 Å². The van der Waals surface area contributed by atoms with Crippen LogP contribution in [0.4, 0.5) is 5.95 Å². The number of rotatable bonds is 5. The maximum atomic E-state index is 13.2. The van der Waals surface area contributed by atoms with Crippen molar-refractivity contribution < 1.29 is 9.53 Å². The molecule has 0 fully saturated rings. The Morgan fingerprint density at radius 1 is 1.29 bits per heavy atom. The van der Waals surface area contributed by atoms with Gasteiger partial charge in [0.15, 0.2) is 11.2 Å². The number of carbonyl (C=O) groups excluding carboxylic acids is 1. The van der Waals surface area contributed by atoms with E-state index in [-0.39, 0.29) is 36.9 Å². The van der Waals surface area contributed by atoms with Gasteiger partial charge in [0.1, 0.15) is 6.54 Å². The van der Waals surface area contributed by atoms with Crippen LogP contribution >= 0.6 is 0 Å². The maximum absolute atomic E-state index is 13.2. The minimum Gasteiger partial charge on any atom is -0.465 e. The van der Waals surface area contributed by atoms with E-state index in [9.17, 15) is 14.4 Å². The minimum absolute atomic E-state index is 0.121. The summed E-state index contributed by atoms with van der Waals surface area (Å²) >= 11 is 0. The van der Waals surface area contributed by atoms with Crippen molar-refractivity contribution in [3.63, 3.8) is 0 Å². The maximum Gasteiger partial charge on any atom is 0.332 e. The first-order valence-electron chi connectivity index (χ1n) is 9.01. The molecule has 0 radical (unpaired) electrons. The number of fused-ring (bicyclic) bond motifs is 3. The standard InChI is InChI=1S/C18H24N6O4/c1-7-28-13(25)9-23-17-19-15-14(24(17)12(5)11(4)20-23)16(26)22(8-10(2)3)18(27)21(15)6/h12H,2,7-9H2,1,3-6H3/t12-/m0/s1. The van der Waals surface area contributed by atoms with Gasteiger partial charge in [-0.1, -0.05) is 12.2 Å². The highest BCUT2D eigenvalue weighted by molar-refractivity contribution is 5.92. The van der Waals surface area contributed by atoms with Crippen LogP contribution in [0.2, 0.25) is 0 Å². The average molecular weight is 388 g/mol. The Balaban J connectivity index is 2.29. The van der Waals surface area contributed by atoms with Gasteiger partial charge >= 0.3 is 11.7 Å². The summed E-state index contributed by atoms with van der Waals surface area (Å²) in [5, 5.41) is 5.83. The fourth-order valence-corrected chi connectivity index (χ4v) is 3.23. The van der Waals surface area contributed by atoms with Crippen LogP contribution in [0.1, 0.15) is 33.7 Å². The number of esters is 1. The smallest absolute Gasteiger partial charge is 0.332 e. The highest BCUT2D eigenvalue weighted by Gasteiger charge is 2.31. The molecule has 3 rings (SSSR count). The van der Waals surface area contributed by atoms with E-state index in [1.807, 2.05) is 13.8 Å². The molecule has 0 aliphatic carbocycles. The van der Waals surface area contributed by atoms with E-state index < -0.39 is 17.2 Å². The van der Waals surface area contributed by atoms with Gasteiger partial charge in [0.25, 0.3) is 5.56 Å². The fraction of sp³-hybridized carbons (Fsp3) is 0.500. The molecule has 10 heteroatoms. The molecule has 28 heavy (non-hydrogen) atoms. The second kappa shape index (κ2) is 7.10. The lowest BCUT2D eigenvalue weighted by Crippen LogP contribution is -2.40. The number of allylic oxidation sites excluding steroid dienone is 1. The largest absolute Gasteiger partial charge is 0.465 e. The van der Waals surface area contributed by atoms with Crippen molar-refractivity contribution in [2.75, 3.05) is 18.2 Å². The van der Waals surface area contributed by atoms with E-state index >= 15 is 0 Å². The predicted octanol–water partition coefficient (Wildman–Crippen LogP) is 0.793. The number of imidazole rings is 1. The van der Waals surface area contributed by atoms with Crippen molar-refractivity contribution in [1.82, 2.24) is 18.7 Å². The summed E-state index contributed by atoms with van der Waals surface area (Å²) in [4.78, 5) is 42.3. The summed E-state index contributed by atoms with van der Waals surface area (Å²) in [6.07, 6.45) is 0. The Labute approximate surface area is 161 Å². The summed E-state index contributed by atoms with van der Waals surface area (Å²) in [7, 11) is 1.56. The lowest BCUT2D eigenvalue weighted by molar-refractivity contribution is -0.141. The average Bonchev–Trinajstić information content (AvgIpc) is 3.02. The molecular formula is C18H24N6O4. The number of ether oxygens (including phenoxy) is 1. The predicted molar refractivity (Wildman–Crippen MR) is 106 cm³/mol. The quantitative estimate of drug-likeness (QED) is 0.554. The molecule has 0 amide bonds. The molecule has 0 bridgehead atoms. The first kappa shape index (κ1) is 19.6. The van der Waals surface area contributed by atoms with E-state index in [4.69, 9.17) is 4.74 Å². The van der Waals surface area contributed by atoms with Gasteiger partial charge < -0.3 is 4.74 Å². The van der Waals surface area contributed by atoms with Gasteiger partial charge in [0.2, 0.25) is 5.95 Å². The lowest BCUT2D eigenvalue weighted by atomic mass is 10.2. The van der Waals surface area contributed by atoms with Crippen molar-refractivity contribution >= 4 is 28.8 Å². The Morgan fingerprint density at radius 2 is 1.96 bits per heavy atom. The van der Waals surface area contributed by atoms with E-state index in [1.165, 1.54) is 9.58 Å². The SMILES string of the molecule is C=C(C)Cn1c(=O)c2c(nc3n2[C@@H](C)C(C)=NN3CC(=O)OCC)n(C)c1=O. The zero-order chi connectivity index (χ0) is 20.7. The molecule has 0 unspecified atom stereocenters. The van der Waals surface area contributed by atoms with Gasteiger partial charge in [-0.25, -0.2) is 9.80 Å². The number of nitrogens with zero attached hydrogens (tertiary/aromatic N) is 6. The monoisotopic (exact) mass is 388 g/mol. The van der Waals surface area contributed by atoms with Crippen LogP contribution in [0.5, 0.6) is 0 Å². The fourth-order valence-electron chi connectivity index (χ4n) is 3.23. The van der Waals surface area contributed by atoms with Crippen LogP contribution in [0.25, 0.3) is 11.2 Å². The zero-order valence-corrected chi connectivity index (χ0v) is 16.7. The molecule has 0 saturated heterocycles. The molecule has 1 aliphatic heterocycles. The Kier molecular flexibility index (Phi) is 4.97. The van der Waals surface area contributed by atoms with E-state index in [2.05, 4.69) is 16.7 Å². The number of carbonyl (C=O) groups is 1. The summed E-state index contributed by atoms with van der Waals surface area (Å²) in [5.41, 5.74) is 1.00. The number of aryl methyl sites for hydroxylation is 1. The van der Waals surface area contributed by atoms with Crippen molar-refractivity contribution in [2.24, 2.45) is 12.1 Å². The molecule has 0 aromatic carbocycles. The van der Waals surface area contributed by atoms with E-state index in [0.29, 0.717) is 17.2 Å². The molecule has 2 aromatic heterocycles. The van der Waals surface area contributed by atoms with Crippen LogP contribution in [-0.2, 0) is 23.1 Å². The molecule has 0 N–H and O–H groups in total. The van der Waals surface area contributed by atoms with E-state index in [1.54, 1.807) is 25.5 Å². The Morgan fingerprint density at radius 3 is 2.57 bits per heavy atom. The number of hydrogen-bond donors (Lipinski definition) is 0. The molecule has 0 saturated carbocycles. The van der Waals surface area contributed by atoms with Crippen LogP contribution in [-0.4, -0.2) is 43.5 Å². The lowest BCUT2D eigenvalue weighted by Gasteiger charge is -2.28. The van der Waals surface area contributed by atoms with Crippen LogP contribution in [0.15, 0.2) is 26.8 Å². The first-order chi connectivity index (χ1) is 13.2. The Bertz CT molecular complexity index is 1120. The second-order valence-electron chi connectivity index (χ2n) is 6.92. The molecule has 150 valence electrons. The zero-order valence-electron chi connectivity index (χ0n) is 16.7. The number of hydrogen-bond acceptors (Lipinski definition) is 7. The van der Waals surface area contributed by atoms with Gasteiger partial charge in [0, 0.05) is 7.05 Å². The molecule has 1 atom stereocenters. The van der Waals surface area contributed by atoms with Crippen molar-refractivity contribution in [1.29, 1.82) is 0 Å². The summed E-state index contributed by atoms with van der Waals surface area (Å²) in [5.74, 6) is -0.137. The molecule has 1 aliphatic rings. The Hall–Kier alpha value is -3.17. The normalized spacial score (nSPS) is 16.1. The highest BCUT2D eigenvalue weighted by Crippen LogP contribution is 2.29. The molecular weight excluding hydrogens is 364 g/mol. The van der Waals surface area contributed by atoms with Crippen LogP contribution in [0, 0.1) is 0 Å². The van der Waals surface area contributed by atoms with Crippen molar-refractivity contribution in [2.45, 2.75) is 40.3 Å². The van der Waals surface area contributed by atoms with Crippen LogP contribution in [0.3, 0.4) is 0 Å². The van der Waals surface area contributed by atoms with Gasteiger partial charge in [-0.05, 0) is 27.7 Å². The molecule has 10 nitrogen and oxygen atoms in total. The first-order valence-corrected chi connectivity index (χ1v) is 9.01. The van der Waals surface area contributed by atoms with Crippen molar-refractivity contribution in [3.8, 4) is 0 Å². The summed E-state index contributed by atoms with van der Waals surface area (Å²) < 4.78 is 9.19. The number of hydrazone groups is 1. The van der Waals surface area contributed by atoms with Gasteiger partial charge in [-0.15, -0.1) is 0 Å². The summed E-state index contributed by atoms with van der Waals surface area (Å²) in [6, 6.07) is -0.262.